The number of nitrogens with zero attached hydrogens (tertiary/aromatic N) is 3. The van der Waals surface area contributed by atoms with Gasteiger partial charge in [-0.3, -0.25) is 4.57 Å². The second-order valence-electron chi connectivity index (χ2n) is 5.97. The molecule has 27 heavy (non-hydrogen) atoms. The minimum absolute atomic E-state index is 0.0447. The minimum Gasteiger partial charge on any atom is -0.292 e. The molecule has 3 aromatic carbocycles. The second kappa shape index (κ2) is 6.29. The standard InChI is InChI=1S/C21H12F3N3/c22-21(23,24)16-12-14(13-25)10-11-18(16)27-19-9-5-4-8-17(19)26-20(27)15-6-2-1-3-7-15/h1-12H. The van der Waals surface area contributed by atoms with Crippen LogP contribution >= 0.6 is 0 Å². The van der Waals surface area contributed by atoms with E-state index in [0.29, 0.717) is 22.4 Å². The van der Waals surface area contributed by atoms with E-state index < -0.39 is 11.7 Å². The molecule has 0 unspecified atom stereocenters. The fourth-order valence-corrected chi connectivity index (χ4v) is 3.08. The molecule has 0 spiro atoms. The average Bonchev–Trinajstić information content (AvgIpc) is 3.07. The van der Waals surface area contributed by atoms with Crippen LogP contribution in [0.4, 0.5) is 13.2 Å². The molecule has 0 N–H and O–H groups in total. The first-order valence-corrected chi connectivity index (χ1v) is 8.13. The maximum atomic E-state index is 13.7. The lowest BCUT2D eigenvalue weighted by molar-refractivity contribution is -0.137. The molecule has 132 valence electrons. The van der Waals surface area contributed by atoms with Crippen molar-refractivity contribution in [1.82, 2.24) is 9.55 Å². The van der Waals surface area contributed by atoms with Crippen molar-refractivity contribution in [3.05, 3.63) is 83.9 Å². The van der Waals surface area contributed by atoms with Crippen LogP contribution in [0.3, 0.4) is 0 Å². The fraction of sp³-hybridized carbons (Fsp3) is 0.0476. The van der Waals surface area contributed by atoms with Gasteiger partial charge < -0.3 is 0 Å². The lowest BCUT2D eigenvalue weighted by Gasteiger charge is -2.16. The Kier molecular flexibility index (Phi) is 3.93. The summed E-state index contributed by atoms with van der Waals surface area (Å²) in [5.41, 5.74) is 0.874. The highest BCUT2D eigenvalue weighted by atomic mass is 19.4. The number of nitriles is 1. The van der Waals surface area contributed by atoms with Gasteiger partial charge in [0.1, 0.15) is 5.82 Å². The number of hydrogen-bond acceptors (Lipinski definition) is 2. The fourth-order valence-electron chi connectivity index (χ4n) is 3.08. The van der Waals surface area contributed by atoms with Crippen molar-refractivity contribution in [2.75, 3.05) is 0 Å². The molecule has 0 aliphatic rings. The number of fused-ring (bicyclic) bond motifs is 1. The van der Waals surface area contributed by atoms with E-state index in [1.54, 1.807) is 42.5 Å². The van der Waals surface area contributed by atoms with Gasteiger partial charge in [-0.15, -0.1) is 0 Å². The van der Waals surface area contributed by atoms with Gasteiger partial charge in [-0.1, -0.05) is 42.5 Å². The van der Waals surface area contributed by atoms with Crippen LogP contribution in [-0.4, -0.2) is 9.55 Å². The quantitative estimate of drug-likeness (QED) is 0.466. The summed E-state index contributed by atoms with van der Waals surface area (Å²) in [5.74, 6) is 0.409. The summed E-state index contributed by atoms with van der Waals surface area (Å²) in [7, 11) is 0. The number of rotatable bonds is 2. The van der Waals surface area contributed by atoms with Crippen LogP contribution in [0, 0.1) is 11.3 Å². The molecule has 0 amide bonds. The van der Waals surface area contributed by atoms with Gasteiger partial charge in [0.25, 0.3) is 0 Å². The van der Waals surface area contributed by atoms with E-state index in [4.69, 9.17) is 5.26 Å². The van der Waals surface area contributed by atoms with Crippen LogP contribution < -0.4 is 0 Å². The third kappa shape index (κ3) is 2.93. The number of para-hydroxylation sites is 2. The van der Waals surface area contributed by atoms with Gasteiger partial charge in [0.2, 0.25) is 0 Å². The van der Waals surface area contributed by atoms with Crippen LogP contribution in [0.5, 0.6) is 0 Å². The van der Waals surface area contributed by atoms with E-state index in [1.807, 2.05) is 18.2 Å². The van der Waals surface area contributed by atoms with Gasteiger partial charge in [0.05, 0.1) is 33.9 Å². The van der Waals surface area contributed by atoms with Crippen molar-refractivity contribution < 1.29 is 13.2 Å². The maximum Gasteiger partial charge on any atom is 0.418 e. The first-order chi connectivity index (χ1) is 13.0. The Bertz CT molecular complexity index is 1170. The molecule has 4 aromatic rings. The summed E-state index contributed by atoms with van der Waals surface area (Å²) >= 11 is 0. The minimum atomic E-state index is -4.61. The highest BCUT2D eigenvalue weighted by Crippen LogP contribution is 2.38. The molecule has 3 nitrogen and oxygen atoms in total. The summed E-state index contributed by atoms with van der Waals surface area (Å²) in [6, 6.07) is 21.4. The zero-order valence-corrected chi connectivity index (χ0v) is 13.9. The second-order valence-corrected chi connectivity index (χ2v) is 5.97. The zero-order chi connectivity index (χ0) is 19.0. The summed E-state index contributed by atoms with van der Waals surface area (Å²) in [6.45, 7) is 0. The maximum absolute atomic E-state index is 13.7. The van der Waals surface area contributed by atoms with Crippen LogP contribution in [0.25, 0.3) is 28.1 Å². The highest BCUT2D eigenvalue weighted by molar-refractivity contribution is 5.83. The number of alkyl halides is 3. The molecule has 4 rings (SSSR count). The molecule has 0 saturated carbocycles. The van der Waals surface area contributed by atoms with Crippen molar-refractivity contribution in [3.63, 3.8) is 0 Å². The molecule has 1 heterocycles. The van der Waals surface area contributed by atoms with Gasteiger partial charge in [0, 0.05) is 5.56 Å². The number of hydrogen-bond donors (Lipinski definition) is 0. The Balaban J connectivity index is 2.10. The van der Waals surface area contributed by atoms with Gasteiger partial charge in [0.15, 0.2) is 0 Å². The molecule has 0 saturated heterocycles. The first-order valence-electron chi connectivity index (χ1n) is 8.13. The van der Waals surface area contributed by atoms with Crippen LogP contribution in [0.2, 0.25) is 0 Å². The predicted octanol–water partition coefficient (Wildman–Crippen LogP) is 5.58. The molecule has 0 aliphatic heterocycles. The SMILES string of the molecule is N#Cc1ccc(-n2c(-c3ccccc3)nc3ccccc32)c(C(F)(F)F)c1. The van der Waals surface area contributed by atoms with E-state index in [1.165, 1.54) is 16.7 Å². The Morgan fingerprint density at radius 3 is 2.30 bits per heavy atom. The Labute approximate surface area is 152 Å². The van der Waals surface area contributed by atoms with E-state index in [2.05, 4.69) is 4.98 Å². The number of benzene rings is 3. The number of aromatic nitrogens is 2. The normalized spacial score (nSPS) is 11.5. The summed E-state index contributed by atoms with van der Waals surface area (Å²) in [4.78, 5) is 4.56. The largest absolute Gasteiger partial charge is 0.418 e. The van der Waals surface area contributed by atoms with Crippen LogP contribution in [0.1, 0.15) is 11.1 Å². The number of imidazole rings is 1. The monoisotopic (exact) mass is 363 g/mol. The molecular weight excluding hydrogens is 351 g/mol. The topological polar surface area (TPSA) is 41.6 Å². The van der Waals surface area contributed by atoms with Gasteiger partial charge >= 0.3 is 6.18 Å². The molecule has 0 fully saturated rings. The molecule has 6 heteroatoms. The van der Waals surface area contributed by atoms with Crippen LogP contribution in [0.15, 0.2) is 72.8 Å². The van der Waals surface area contributed by atoms with Crippen LogP contribution in [-0.2, 0) is 6.18 Å². The predicted molar refractivity (Wildman–Crippen MR) is 96.2 cm³/mol. The van der Waals surface area contributed by atoms with Crippen molar-refractivity contribution in [2.45, 2.75) is 6.18 Å². The lowest BCUT2D eigenvalue weighted by Crippen LogP contribution is -2.12. The molecule has 1 aromatic heterocycles. The van der Waals surface area contributed by atoms with Gasteiger partial charge in [-0.05, 0) is 30.3 Å². The van der Waals surface area contributed by atoms with Crippen molar-refractivity contribution in [1.29, 1.82) is 5.26 Å². The van der Waals surface area contributed by atoms with E-state index in [0.717, 1.165) is 6.07 Å². The summed E-state index contributed by atoms with van der Waals surface area (Å²) < 4.78 is 42.7. The lowest BCUT2D eigenvalue weighted by atomic mass is 10.1. The third-order valence-electron chi connectivity index (χ3n) is 4.26. The van der Waals surface area contributed by atoms with Crippen molar-refractivity contribution in [2.24, 2.45) is 0 Å². The molecule has 0 bridgehead atoms. The first kappa shape index (κ1) is 16.9. The zero-order valence-electron chi connectivity index (χ0n) is 13.9. The average molecular weight is 363 g/mol. The number of halogens is 3. The van der Waals surface area contributed by atoms with Crippen molar-refractivity contribution >= 4 is 11.0 Å². The van der Waals surface area contributed by atoms with Gasteiger partial charge in [-0.2, -0.15) is 18.4 Å². The molecule has 0 aliphatic carbocycles. The Hall–Kier alpha value is -3.59. The van der Waals surface area contributed by atoms with E-state index in [-0.39, 0.29) is 11.3 Å². The molecule has 0 radical (unpaired) electrons. The third-order valence-corrected chi connectivity index (χ3v) is 4.26. The van der Waals surface area contributed by atoms with E-state index in [9.17, 15) is 13.2 Å². The Morgan fingerprint density at radius 1 is 0.889 bits per heavy atom. The highest BCUT2D eigenvalue weighted by Gasteiger charge is 2.35. The molecular formula is C21H12F3N3. The molecule has 0 atom stereocenters. The van der Waals surface area contributed by atoms with E-state index >= 15 is 0 Å². The van der Waals surface area contributed by atoms with Gasteiger partial charge in [-0.25, -0.2) is 4.98 Å². The van der Waals surface area contributed by atoms with Crippen molar-refractivity contribution in [3.8, 4) is 23.1 Å². The smallest absolute Gasteiger partial charge is 0.292 e. The summed E-state index contributed by atoms with van der Waals surface area (Å²) in [6.07, 6.45) is -4.61. The Morgan fingerprint density at radius 2 is 1.59 bits per heavy atom. The summed E-state index contributed by atoms with van der Waals surface area (Å²) in [5, 5.41) is 9.02.